The largest absolute Gasteiger partial charge is 0.456 e. The van der Waals surface area contributed by atoms with Gasteiger partial charge in [0.1, 0.15) is 11.2 Å². The van der Waals surface area contributed by atoms with Gasteiger partial charge in [0.2, 0.25) is 0 Å². The molecule has 0 N–H and O–H groups in total. The summed E-state index contributed by atoms with van der Waals surface area (Å²) in [4.78, 5) is 17.8. The highest BCUT2D eigenvalue weighted by atomic mass is 16.3. The van der Waals surface area contributed by atoms with Gasteiger partial charge in [-0.25, -0.2) is 15.0 Å². The lowest BCUT2D eigenvalue weighted by atomic mass is 10.0. The van der Waals surface area contributed by atoms with Gasteiger partial charge < -0.3 is 9.32 Å². The Hall–Kier alpha value is -8.41. The first-order chi connectivity index (χ1) is 30.7. The third-order valence-corrected chi connectivity index (χ3v) is 11.3. The number of nitrogens with zero attached hydrogens (tertiary/aromatic N) is 4. The van der Waals surface area contributed by atoms with Crippen LogP contribution in [0.1, 0.15) is 0 Å². The lowest BCUT2D eigenvalue weighted by Gasteiger charge is -2.26. The predicted octanol–water partition coefficient (Wildman–Crippen LogP) is 15.2. The van der Waals surface area contributed by atoms with E-state index >= 15 is 0 Å². The Labute approximate surface area is 359 Å². The predicted molar refractivity (Wildman–Crippen MR) is 254 cm³/mol. The first-order valence-corrected chi connectivity index (χ1v) is 20.8. The normalized spacial score (nSPS) is 11.2. The van der Waals surface area contributed by atoms with Gasteiger partial charge in [-0.05, 0) is 88.0 Å². The van der Waals surface area contributed by atoms with E-state index in [1.807, 2.05) is 54.6 Å². The zero-order valence-electron chi connectivity index (χ0n) is 33.6. The Morgan fingerprint density at radius 2 is 0.758 bits per heavy atom. The summed E-state index contributed by atoms with van der Waals surface area (Å²) in [7, 11) is 0. The molecule has 11 rings (SSSR count). The van der Waals surface area contributed by atoms with E-state index in [0.29, 0.717) is 17.5 Å². The molecule has 0 radical (unpaired) electrons. The van der Waals surface area contributed by atoms with Gasteiger partial charge in [0.15, 0.2) is 17.5 Å². The van der Waals surface area contributed by atoms with Gasteiger partial charge in [-0.2, -0.15) is 0 Å². The van der Waals surface area contributed by atoms with Crippen molar-refractivity contribution in [1.82, 2.24) is 15.0 Å². The Morgan fingerprint density at radius 3 is 1.42 bits per heavy atom. The third kappa shape index (κ3) is 7.08. The molecule has 0 saturated carbocycles. The van der Waals surface area contributed by atoms with Crippen LogP contribution in [0, 0.1) is 0 Å². The van der Waals surface area contributed by atoms with Crippen molar-refractivity contribution in [3.63, 3.8) is 0 Å². The molecule has 0 aliphatic heterocycles. The van der Waals surface area contributed by atoms with Crippen molar-refractivity contribution in [3.05, 3.63) is 231 Å². The molecular formula is C57H38N4O. The highest BCUT2D eigenvalue weighted by Gasteiger charge is 2.21. The molecule has 0 aliphatic rings. The summed E-state index contributed by atoms with van der Waals surface area (Å²) >= 11 is 0. The summed E-state index contributed by atoms with van der Waals surface area (Å²) in [6.07, 6.45) is 0. The van der Waals surface area contributed by atoms with Crippen molar-refractivity contribution in [2.45, 2.75) is 0 Å². The van der Waals surface area contributed by atoms with Gasteiger partial charge in [-0.15, -0.1) is 0 Å². The number of fused-ring (bicyclic) bond motifs is 3. The smallest absolute Gasteiger partial charge is 0.164 e. The van der Waals surface area contributed by atoms with Gasteiger partial charge in [-0.3, -0.25) is 0 Å². The van der Waals surface area contributed by atoms with Crippen molar-refractivity contribution in [2.75, 3.05) is 4.90 Å². The second kappa shape index (κ2) is 16.0. The lowest BCUT2D eigenvalue weighted by Crippen LogP contribution is -2.10. The number of rotatable bonds is 9. The number of aromatic nitrogens is 3. The van der Waals surface area contributed by atoms with Crippen LogP contribution < -0.4 is 4.90 Å². The van der Waals surface area contributed by atoms with Crippen LogP contribution >= 0.6 is 0 Å². The molecule has 0 aliphatic carbocycles. The van der Waals surface area contributed by atoms with E-state index in [2.05, 4.69) is 181 Å². The molecule has 11 aromatic rings. The minimum absolute atomic E-state index is 0.571. The van der Waals surface area contributed by atoms with Crippen LogP contribution in [0.25, 0.3) is 89.5 Å². The van der Waals surface area contributed by atoms with Gasteiger partial charge in [0.05, 0.1) is 0 Å². The second-order valence-corrected chi connectivity index (χ2v) is 15.2. The summed E-state index contributed by atoms with van der Waals surface area (Å²) in [6, 6.07) is 80.0. The summed E-state index contributed by atoms with van der Waals surface area (Å²) < 4.78 is 6.61. The number of anilines is 3. The number of furan rings is 1. The third-order valence-electron chi connectivity index (χ3n) is 11.3. The molecule has 0 amide bonds. The maximum Gasteiger partial charge on any atom is 0.164 e. The number of hydrogen-bond acceptors (Lipinski definition) is 5. The molecule has 0 saturated heterocycles. The van der Waals surface area contributed by atoms with Crippen LogP contribution in [-0.4, -0.2) is 15.0 Å². The maximum atomic E-state index is 6.61. The average Bonchev–Trinajstić information content (AvgIpc) is 3.74. The summed E-state index contributed by atoms with van der Waals surface area (Å²) in [5, 5.41) is 1.91. The van der Waals surface area contributed by atoms with E-state index in [1.165, 1.54) is 5.56 Å². The minimum Gasteiger partial charge on any atom is -0.456 e. The van der Waals surface area contributed by atoms with E-state index in [9.17, 15) is 0 Å². The molecule has 0 spiro atoms. The zero-order valence-corrected chi connectivity index (χ0v) is 33.6. The fraction of sp³-hybridized carbons (Fsp3) is 0. The number of hydrogen-bond donors (Lipinski definition) is 0. The molecule has 0 fully saturated rings. The van der Waals surface area contributed by atoms with Crippen molar-refractivity contribution in [2.24, 2.45) is 0 Å². The van der Waals surface area contributed by atoms with E-state index in [4.69, 9.17) is 19.4 Å². The number of benzene rings is 9. The SMILES string of the molecule is c1ccc(-c2ccc(N(c3cccc(-c4ccccc4)c3)c3ccc4oc5cccc(-c6nc(-c7ccccc7)nc(-c7cccc(-c8ccccc8)c7)n6)c5c4c3)cc2)cc1. The first kappa shape index (κ1) is 36.7. The standard InChI is InChI=1S/C57H38N4O/c1-5-16-39(17-6-1)42-30-32-47(33-31-42)61(48-27-14-25-45(37-48)41-20-9-3-10-21-41)49-34-35-52-51(38-49)54-50(28-15-29-53(54)62-52)57-59-55(43-22-11-4-12-23-43)58-56(60-57)46-26-13-24-44(36-46)40-18-7-2-8-19-40/h1-38H. The van der Waals surface area contributed by atoms with Crippen molar-refractivity contribution >= 4 is 39.0 Å². The van der Waals surface area contributed by atoms with E-state index in [1.54, 1.807) is 0 Å². The molecule has 5 nitrogen and oxygen atoms in total. The lowest BCUT2D eigenvalue weighted by molar-refractivity contribution is 0.669. The Balaban J connectivity index is 1.08. The van der Waals surface area contributed by atoms with Crippen LogP contribution in [0.3, 0.4) is 0 Å². The zero-order chi connectivity index (χ0) is 41.2. The van der Waals surface area contributed by atoms with Crippen molar-refractivity contribution in [3.8, 4) is 67.5 Å². The van der Waals surface area contributed by atoms with E-state index < -0.39 is 0 Å². The molecule has 2 heterocycles. The Kier molecular flexibility index (Phi) is 9.45. The van der Waals surface area contributed by atoms with Crippen LogP contribution in [-0.2, 0) is 0 Å². The highest BCUT2D eigenvalue weighted by Crippen LogP contribution is 2.42. The Bertz CT molecular complexity index is 3330. The molecular weight excluding hydrogens is 757 g/mol. The van der Waals surface area contributed by atoms with Gasteiger partial charge in [0.25, 0.3) is 0 Å². The first-order valence-electron chi connectivity index (χ1n) is 20.8. The monoisotopic (exact) mass is 794 g/mol. The molecule has 9 aromatic carbocycles. The van der Waals surface area contributed by atoms with Crippen molar-refractivity contribution < 1.29 is 4.42 Å². The molecule has 292 valence electrons. The quantitative estimate of drug-likeness (QED) is 0.146. The maximum absolute atomic E-state index is 6.61. The molecule has 62 heavy (non-hydrogen) atoms. The van der Waals surface area contributed by atoms with Crippen LogP contribution in [0.5, 0.6) is 0 Å². The van der Waals surface area contributed by atoms with Crippen LogP contribution in [0.15, 0.2) is 235 Å². The molecule has 0 bridgehead atoms. The summed E-state index contributed by atoms with van der Waals surface area (Å²) in [6.45, 7) is 0. The molecule has 2 aromatic heterocycles. The van der Waals surface area contributed by atoms with Gasteiger partial charge in [0, 0.05) is 44.5 Å². The fourth-order valence-electron chi connectivity index (χ4n) is 8.29. The van der Waals surface area contributed by atoms with Crippen LogP contribution in [0.4, 0.5) is 17.1 Å². The molecule has 0 unspecified atom stereocenters. The Morgan fingerprint density at radius 1 is 0.290 bits per heavy atom. The highest BCUT2D eigenvalue weighted by molar-refractivity contribution is 6.13. The second-order valence-electron chi connectivity index (χ2n) is 15.2. The van der Waals surface area contributed by atoms with E-state index in [0.717, 1.165) is 83.5 Å². The summed E-state index contributed by atoms with van der Waals surface area (Å²) in [5.74, 6) is 1.77. The summed E-state index contributed by atoms with van der Waals surface area (Å²) in [5.41, 5.74) is 14.1. The van der Waals surface area contributed by atoms with Crippen molar-refractivity contribution in [1.29, 1.82) is 0 Å². The van der Waals surface area contributed by atoms with Gasteiger partial charge in [-0.1, -0.05) is 176 Å². The molecule has 0 atom stereocenters. The average molecular weight is 795 g/mol. The van der Waals surface area contributed by atoms with E-state index in [-0.39, 0.29) is 0 Å². The minimum atomic E-state index is 0.571. The van der Waals surface area contributed by atoms with Gasteiger partial charge >= 0.3 is 0 Å². The van der Waals surface area contributed by atoms with Crippen LogP contribution in [0.2, 0.25) is 0 Å². The topological polar surface area (TPSA) is 55.1 Å². The fourth-order valence-corrected chi connectivity index (χ4v) is 8.29. The molecule has 5 heteroatoms.